The van der Waals surface area contributed by atoms with E-state index in [4.69, 9.17) is 15.2 Å². The zero-order valence-electron chi connectivity index (χ0n) is 9.72. The van der Waals surface area contributed by atoms with Crippen LogP contribution >= 0.6 is 0 Å². The third-order valence-corrected chi connectivity index (χ3v) is 2.47. The van der Waals surface area contributed by atoms with Crippen molar-refractivity contribution in [3.63, 3.8) is 0 Å². The van der Waals surface area contributed by atoms with Gasteiger partial charge in [-0.1, -0.05) is 24.3 Å². The highest BCUT2D eigenvalue weighted by atomic mass is 16.5. The summed E-state index contributed by atoms with van der Waals surface area (Å²) in [5.41, 5.74) is 7.52. The van der Waals surface area contributed by atoms with E-state index in [2.05, 4.69) is 0 Å². The van der Waals surface area contributed by atoms with Crippen molar-refractivity contribution in [2.75, 3.05) is 12.8 Å². The lowest BCUT2D eigenvalue weighted by atomic mass is 10.2. The number of para-hydroxylation sites is 2. The summed E-state index contributed by atoms with van der Waals surface area (Å²) in [6, 6.07) is 15.2. The van der Waals surface area contributed by atoms with E-state index in [1.807, 2.05) is 48.5 Å². The van der Waals surface area contributed by atoms with Crippen LogP contribution in [0.3, 0.4) is 0 Å². The van der Waals surface area contributed by atoms with Crippen LogP contribution in [0.2, 0.25) is 0 Å². The Morgan fingerprint density at radius 3 is 2.35 bits per heavy atom. The Morgan fingerprint density at radius 2 is 1.71 bits per heavy atom. The molecule has 3 heteroatoms. The van der Waals surface area contributed by atoms with Crippen molar-refractivity contribution in [3.05, 3.63) is 54.1 Å². The number of methoxy groups -OCH3 is 1. The SMILES string of the molecule is COc1ccc(COc2ccccc2N)cc1. The highest BCUT2D eigenvalue weighted by Gasteiger charge is 1.99. The van der Waals surface area contributed by atoms with Gasteiger partial charge in [-0.3, -0.25) is 0 Å². The molecule has 0 amide bonds. The summed E-state index contributed by atoms with van der Waals surface area (Å²) in [5.74, 6) is 1.55. The molecule has 0 atom stereocenters. The van der Waals surface area contributed by atoms with Crippen molar-refractivity contribution in [1.29, 1.82) is 0 Å². The fourth-order valence-corrected chi connectivity index (χ4v) is 1.49. The first-order valence-electron chi connectivity index (χ1n) is 5.40. The average Bonchev–Trinajstić information content (AvgIpc) is 2.38. The summed E-state index contributed by atoms with van der Waals surface area (Å²) in [7, 11) is 1.65. The highest BCUT2D eigenvalue weighted by molar-refractivity contribution is 5.51. The molecule has 2 aromatic carbocycles. The fourth-order valence-electron chi connectivity index (χ4n) is 1.49. The molecular weight excluding hydrogens is 214 g/mol. The lowest BCUT2D eigenvalue weighted by Crippen LogP contribution is -1.98. The molecule has 3 nitrogen and oxygen atoms in total. The van der Waals surface area contributed by atoms with Gasteiger partial charge < -0.3 is 15.2 Å². The zero-order valence-corrected chi connectivity index (χ0v) is 9.72. The van der Waals surface area contributed by atoms with Crippen molar-refractivity contribution in [1.82, 2.24) is 0 Å². The molecule has 2 aromatic rings. The summed E-state index contributed by atoms with van der Waals surface area (Å²) < 4.78 is 10.7. The third-order valence-electron chi connectivity index (χ3n) is 2.47. The molecule has 0 bridgehead atoms. The van der Waals surface area contributed by atoms with Gasteiger partial charge in [-0.15, -0.1) is 0 Å². The summed E-state index contributed by atoms with van der Waals surface area (Å²) in [5, 5.41) is 0. The number of benzene rings is 2. The molecule has 88 valence electrons. The summed E-state index contributed by atoms with van der Waals surface area (Å²) in [6.07, 6.45) is 0. The molecule has 0 heterocycles. The predicted octanol–water partition coefficient (Wildman–Crippen LogP) is 2.86. The number of hydrogen-bond acceptors (Lipinski definition) is 3. The number of ether oxygens (including phenoxy) is 2. The van der Waals surface area contributed by atoms with Crippen LogP contribution in [-0.2, 0) is 6.61 Å². The minimum atomic E-state index is 0.498. The lowest BCUT2D eigenvalue weighted by molar-refractivity contribution is 0.307. The minimum Gasteiger partial charge on any atom is -0.497 e. The number of rotatable bonds is 4. The van der Waals surface area contributed by atoms with Crippen LogP contribution < -0.4 is 15.2 Å². The Balaban J connectivity index is 2.00. The predicted molar refractivity (Wildman–Crippen MR) is 68.2 cm³/mol. The molecule has 17 heavy (non-hydrogen) atoms. The van der Waals surface area contributed by atoms with E-state index < -0.39 is 0 Å². The van der Waals surface area contributed by atoms with E-state index in [0.717, 1.165) is 11.3 Å². The maximum absolute atomic E-state index is 5.79. The Kier molecular flexibility index (Phi) is 3.50. The van der Waals surface area contributed by atoms with Gasteiger partial charge in [0.1, 0.15) is 18.1 Å². The van der Waals surface area contributed by atoms with Crippen LogP contribution in [0.4, 0.5) is 5.69 Å². The Hall–Kier alpha value is -2.16. The molecule has 0 saturated heterocycles. The van der Waals surface area contributed by atoms with Crippen LogP contribution in [0.25, 0.3) is 0 Å². The maximum Gasteiger partial charge on any atom is 0.142 e. The number of hydrogen-bond donors (Lipinski definition) is 1. The average molecular weight is 229 g/mol. The second-order valence-electron chi connectivity index (χ2n) is 3.67. The minimum absolute atomic E-state index is 0.498. The first-order valence-corrected chi connectivity index (χ1v) is 5.40. The molecule has 0 radical (unpaired) electrons. The van der Waals surface area contributed by atoms with Crippen LogP contribution in [-0.4, -0.2) is 7.11 Å². The lowest BCUT2D eigenvalue weighted by Gasteiger charge is -2.08. The van der Waals surface area contributed by atoms with Crippen molar-refractivity contribution in [3.8, 4) is 11.5 Å². The number of nitrogen functional groups attached to an aromatic ring is 1. The second-order valence-corrected chi connectivity index (χ2v) is 3.67. The van der Waals surface area contributed by atoms with E-state index in [1.165, 1.54) is 0 Å². The van der Waals surface area contributed by atoms with Crippen molar-refractivity contribution < 1.29 is 9.47 Å². The van der Waals surface area contributed by atoms with Gasteiger partial charge in [0, 0.05) is 0 Å². The molecule has 0 spiro atoms. The van der Waals surface area contributed by atoms with Crippen LogP contribution in [0.5, 0.6) is 11.5 Å². The quantitative estimate of drug-likeness (QED) is 0.820. The monoisotopic (exact) mass is 229 g/mol. The van der Waals surface area contributed by atoms with E-state index in [0.29, 0.717) is 18.0 Å². The van der Waals surface area contributed by atoms with Crippen LogP contribution in [0, 0.1) is 0 Å². The van der Waals surface area contributed by atoms with Gasteiger partial charge in [0.15, 0.2) is 0 Å². The molecule has 0 unspecified atom stereocenters. The largest absolute Gasteiger partial charge is 0.497 e. The van der Waals surface area contributed by atoms with Crippen molar-refractivity contribution >= 4 is 5.69 Å². The van der Waals surface area contributed by atoms with Gasteiger partial charge in [0.25, 0.3) is 0 Å². The Labute approximate surface area is 101 Å². The molecule has 0 aliphatic carbocycles. The first-order chi connectivity index (χ1) is 8.29. The number of nitrogens with two attached hydrogens (primary N) is 1. The standard InChI is InChI=1S/C14H15NO2/c1-16-12-8-6-11(7-9-12)10-17-14-5-3-2-4-13(14)15/h2-9H,10,15H2,1H3. The number of anilines is 1. The summed E-state index contributed by atoms with van der Waals surface area (Å²) in [6.45, 7) is 0.498. The molecule has 2 rings (SSSR count). The van der Waals surface area contributed by atoms with Gasteiger partial charge in [-0.05, 0) is 29.8 Å². The maximum atomic E-state index is 5.79. The van der Waals surface area contributed by atoms with E-state index >= 15 is 0 Å². The van der Waals surface area contributed by atoms with Crippen LogP contribution in [0.15, 0.2) is 48.5 Å². The smallest absolute Gasteiger partial charge is 0.142 e. The van der Waals surface area contributed by atoms with Gasteiger partial charge >= 0.3 is 0 Å². The molecule has 0 fully saturated rings. The normalized spacial score (nSPS) is 9.94. The van der Waals surface area contributed by atoms with Gasteiger partial charge in [-0.2, -0.15) is 0 Å². The van der Waals surface area contributed by atoms with Crippen molar-refractivity contribution in [2.24, 2.45) is 0 Å². The molecule has 2 N–H and O–H groups in total. The zero-order chi connectivity index (χ0) is 12.1. The molecule has 0 aliphatic rings. The third kappa shape index (κ3) is 2.91. The second kappa shape index (κ2) is 5.25. The fraction of sp³-hybridized carbons (Fsp3) is 0.143. The molecular formula is C14H15NO2. The van der Waals surface area contributed by atoms with Gasteiger partial charge in [0.05, 0.1) is 12.8 Å². The van der Waals surface area contributed by atoms with Crippen LogP contribution in [0.1, 0.15) is 5.56 Å². The Morgan fingerprint density at radius 1 is 1.00 bits per heavy atom. The van der Waals surface area contributed by atoms with E-state index in [9.17, 15) is 0 Å². The highest BCUT2D eigenvalue weighted by Crippen LogP contribution is 2.21. The molecule has 0 aliphatic heterocycles. The summed E-state index contributed by atoms with van der Waals surface area (Å²) in [4.78, 5) is 0. The first kappa shape index (κ1) is 11.3. The summed E-state index contributed by atoms with van der Waals surface area (Å²) >= 11 is 0. The topological polar surface area (TPSA) is 44.5 Å². The molecule has 0 aromatic heterocycles. The molecule has 0 saturated carbocycles. The Bertz CT molecular complexity index is 480. The van der Waals surface area contributed by atoms with E-state index in [-0.39, 0.29) is 0 Å². The van der Waals surface area contributed by atoms with Crippen molar-refractivity contribution in [2.45, 2.75) is 6.61 Å². The van der Waals surface area contributed by atoms with E-state index in [1.54, 1.807) is 7.11 Å². The van der Waals surface area contributed by atoms with Gasteiger partial charge in [-0.25, -0.2) is 0 Å². The van der Waals surface area contributed by atoms with Gasteiger partial charge in [0.2, 0.25) is 0 Å².